The second kappa shape index (κ2) is 13.1. The van der Waals surface area contributed by atoms with Crippen LogP contribution in [0, 0.1) is 11.3 Å². The molecule has 2 aromatic carbocycles. The molecular formula is C32H38F6N2O6. The van der Waals surface area contributed by atoms with Gasteiger partial charge in [0.15, 0.2) is 0 Å². The van der Waals surface area contributed by atoms with Gasteiger partial charge in [0.25, 0.3) is 0 Å². The molecule has 0 aliphatic carbocycles. The first-order valence-electron chi connectivity index (χ1n) is 14.2. The molecule has 254 valence electrons. The van der Waals surface area contributed by atoms with E-state index in [-0.39, 0.29) is 34.5 Å². The molecular weight excluding hydrogens is 622 g/mol. The molecule has 14 heteroatoms. The predicted octanol–water partition coefficient (Wildman–Crippen LogP) is 6.85. The van der Waals surface area contributed by atoms with Crippen LogP contribution in [-0.4, -0.2) is 43.5 Å². The van der Waals surface area contributed by atoms with Gasteiger partial charge in [-0.05, 0) is 77.4 Å². The number of fused-ring (bicyclic) bond motifs is 1. The molecule has 0 amide bonds. The van der Waals surface area contributed by atoms with Crippen LogP contribution in [0.4, 0.5) is 26.3 Å². The average Bonchev–Trinajstić information content (AvgIpc) is 2.90. The van der Waals surface area contributed by atoms with Gasteiger partial charge in [0.05, 0.1) is 43.3 Å². The minimum absolute atomic E-state index is 0.0140. The van der Waals surface area contributed by atoms with Crippen LogP contribution in [0.3, 0.4) is 0 Å². The van der Waals surface area contributed by atoms with Crippen LogP contribution in [-0.2, 0) is 15.7 Å². The number of carbonyl (C=O) groups excluding carboxylic acids is 1. The Morgan fingerprint density at radius 1 is 0.870 bits per heavy atom. The molecule has 2 unspecified atom stereocenters. The van der Waals surface area contributed by atoms with E-state index in [1.54, 1.807) is 34.6 Å². The van der Waals surface area contributed by atoms with Gasteiger partial charge in [-0.1, -0.05) is 0 Å². The van der Waals surface area contributed by atoms with E-state index >= 15 is 0 Å². The third-order valence-electron chi connectivity index (χ3n) is 7.67. The van der Waals surface area contributed by atoms with E-state index in [2.05, 4.69) is 0 Å². The van der Waals surface area contributed by atoms with Crippen LogP contribution < -0.4 is 26.6 Å². The number of halogens is 6. The van der Waals surface area contributed by atoms with Crippen LogP contribution >= 0.6 is 0 Å². The Labute approximate surface area is 262 Å². The maximum absolute atomic E-state index is 13.8. The average molecular weight is 661 g/mol. The Kier molecular flexibility index (Phi) is 10.5. The van der Waals surface area contributed by atoms with Crippen LogP contribution in [0.15, 0.2) is 51.7 Å². The largest absolute Gasteiger partial charge is 0.497 e. The first-order valence-corrected chi connectivity index (χ1v) is 14.2. The third-order valence-corrected chi connectivity index (χ3v) is 7.67. The van der Waals surface area contributed by atoms with Crippen molar-refractivity contribution >= 4 is 16.9 Å². The lowest BCUT2D eigenvalue weighted by Crippen LogP contribution is -2.58. The summed E-state index contributed by atoms with van der Waals surface area (Å²) in [7, 11) is 1.21. The molecule has 3 rings (SSSR count). The quantitative estimate of drug-likeness (QED) is 0.123. The van der Waals surface area contributed by atoms with Gasteiger partial charge in [0.1, 0.15) is 17.1 Å². The van der Waals surface area contributed by atoms with Crippen LogP contribution in [0.2, 0.25) is 0 Å². The first kappa shape index (κ1) is 36.7. The number of rotatable bonds is 12. The molecule has 0 saturated carbocycles. The van der Waals surface area contributed by atoms with Crippen molar-refractivity contribution in [2.45, 2.75) is 70.9 Å². The summed E-state index contributed by atoms with van der Waals surface area (Å²) in [6.07, 6.45) is -10.6. The number of alkyl halides is 6. The monoisotopic (exact) mass is 660 g/mol. The maximum atomic E-state index is 13.8. The fourth-order valence-electron chi connectivity index (χ4n) is 5.02. The van der Waals surface area contributed by atoms with Crippen molar-refractivity contribution in [3.05, 3.63) is 58.4 Å². The van der Waals surface area contributed by atoms with Crippen LogP contribution in [0.25, 0.3) is 22.1 Å². The summed E-state index contributed by atoms with van der Waals surface area (Å²) in [6, 6.07) is 8.32. The molecule has 2 atom stereocenters. The van der Waals surface area contributed by atoms with Crippen LogP contribution in [0.5, 0.6) is 11.5 Å². The summed E-state index contributed by atoms with van der Waals surface area (Å²) in [5.74, 6) is -2.17. The second-order valence-electron chi connectivity index (χ2n) is 12.9. The van der Waals surface area contributed by atoms with Crippen LogP contribution in [0.1, 0.15) is 53.0 Å². The Balaban J connectivity index is 1.84. The fourth-order valence-corrected chi connectivity index (χ4v) is 5.02. The zero-order valence-corrected chi connectivity index (χ0v) is 26.3. The van der Waals surface area contributed by atoms with E-state index in [1.165, 1.54) is 37.4 Å². The summed E-state index contributed by atoms with van der Waals surface area (Å²) in [4.78, 5) is 26.0. The van der Waals surface area contributed by atoms with Gasteiger partial charge in [0.2, 0.25) is 0 Å². The van der Waals surface area contributed by atoms with Crippen molar-refractivity contribution in [1.29, 1.82) is 0 Å². The molecule has 0 aliphatic rings. The molecule has 0 radical (unpaired) electrons. The Bertz CT molecular complexity index is 1600. The normalized spacial score (nSPS) is 14.9. The summed E-state index contributed by atoms with van der Waals surface area (Å²) in [5, 5.41) is 0.234. The molecule has 0 aliphatic heterocycles. The minimum atomic E-state index is -4.80. The molecule has 0 fully saturated rings. The molecule has 0 spiro atoms. The van der Waals surface area contributed by atoms with Crippen molar-refractivity contribution < 1.29 is 49.8 Å². The molecule has 0 saturated heterocycles. The van der Waals surface area contributed by atoms with Crippen molar-refractivity contribution in [3.63, 3.8) is 0 Å². The summed E-state index contributed by atoms with van der Waals surface area (Å²) in [6.45, 7) is 6.96. The number of ether oxygens (including phenoxy) is 3. The lowest BCUT2D eigenvalue weighted by Gasteiger charge is -2.43. The number of benzene rings is 2. The third kappa shape index (κ3) is 9.15. The van der Waals surface area contributed by atoms with Gasteiger partial charge < -0.3 is 30.1 Å². The zero-order valence-electron chi connectivity index (χ0n) is 26.3. The SMILES string of the molecule is COc1ccc(-c2cc3ccc(OCC(COC(=O)C(C)(CC(C)(C)N)C(C)(C)N)CC(F)(F)F)cc3oc2=O)c(C(F)(F)F)c1. The smallest absolute Gasteiger partial charge is 0.417 e. The van der Waals surface area contributed by atoms with E-state index in [4.69, 9.17) is 30.1 Å². The number of carbonyl (C=O) groups is 1. The molecule has 1 aromatic heterocycles. The lowest BCUT2D eigenvalue weighted by atomic mass is 9.67. The Morgan fingerprint density at radius 3 is 2.04 bits per heavy atom. The van der Waals surface area contributed by atoms with E-state index in [1.807, 2.05) is 0 Å². The Morgan fingerprint density at radius 2 is 1.50 bits per heavy atom. The minimum Gasteiger partial charge on any atom is -0.497 e. The summed E-state index contributed by atoms with van der Waals surface area (Å²) in [5.41, 5.74) is 6.08. The van der Waals surface area contributed by atoms with Gasteiger partial charge >= 0.3 is 23.9 Å². The van der Waals surface area contributed by atoms with Crippen molar-refractivity contribution in [2.24, 2.45) is 22.8 Å². The van der Waals surface area contributed by atoms with E-state index in [0.29, 0.717) is 0 Å². The highest BCUT2D eigenvalue weighted by Crippen LogP contribution is 2.40. The maximum Gasteiger partial charge on any atom is 0.417 e. The topological polar surface area (TPSA) is 127 Å². The highest BCUT2D eigenvalue weighted by atomic mass is 19.4. The molecule has 1 heterocycles. The lowest BCUT2D eigenvalue weighted by molar-refractivity contribution is -0.170. The van der Waals surface area contributed by atoms with E-state index in [0.717, 1.165) is 12.1 Å². The molecule has 8 nitrogen and oxygen atoms in total. The highest BCUT2D eigenvalue weighted by Gasteiger charge is 2.49. The molecule has 46 heavy (non-hydrogen) atoms. The number of hydrogen-bond acceptors (Lipinski definition) is 8. The standard InChI is InChI=1S/C32H38F6N2O6/c1-28(2,39)17-30(5,29(3,4)40)27(42)45-16-18(14-31(33,34)35)15-44-21-8-7-19-11-23(26(41)46-25(19)13-21)22-10-9-20(43-6)12-24(22)32(36,37)38/h7-13,18H,14-17,39-40H2,1-6H3. The number of nitrogens with two attached hydrogens (primary N) is 2. The number of methoxy groups -OCH3 is 1. The number of hydrogen-bond donors (Lipinski definition) is 2. The highest BCUT2D eigenvalue weighted by molar-refractivity contribution is 5.83. The van der Waals surface area contributed by atoms with Gasteiger partial charge in [-0.25, -0.2) is 4.79 Å². The predicted molar refractivity (Wildman–Crippen MR) is 159 cm³/mol. The zero-order chi connectivity index (χ0) is 34.9. The van der Waals surface area contributed by atoms with Crippen molar-refractivity contribution in [2.75, 3.05) is 20.3 Å². The van der Waals surface area contributed by atoms with E-state index < -0.39 is 77.1 Å². The molecule has 0 bridgehead atoms. The van der Waals surface area contributed by atoms with E-state index in [9.17, 15) is 35.9 Å². The van der Waals surface area contributed by atoms with Gasteiger partial charge in [-0.3, -0.25) is 4.79 Å². The molecule has 4 N–H and O–H groups in total. The second-order valence-corrected chi connectivity index (χ2v) is 12.9. The van der Waals surface area contributed by atoms with Gasteiger partial charge in [-0.15, -0.1) is 0 Å². The molecule has 3 aromatic rings. The van der Waals surface area contributed by atoms with Crippen molar-refractivity contribution in [3.8, 4) is 22.6 Å². The Hall–Kier alpha value is -3.78. The van der Waals surface area contributed by atoms with Gasteiger partial charge in [-0.2, -0.15) is 26.3 Å². The number of esters is 1. The van der Waals surface area contributed by atoms with Gasteiger partial charge in [0, 0.05) is 34.0 Å². The first-order chi connectivity index (χ1) is 20.9. The summed E-state index contributed by atoms with van der Waals surface area (Å²) >= 11 is 0. The summed E-state index contributed by atoms with van der Waals surface area (Å²) < 4.78 is 103. The fraction of sp³-hybridized carbons (Fsp3) is 0.500. The van der Waals surface area contributed by atoms with Crippen molar-refractivity contribution in [1.82, 2.24) is 0 Å².